The van der Waals surface area contributed by atoms with Crippen molar-refractivity contribution < 1.29 is 16.9 Å². The van der Waals surface area contributed by atoms with Crippen LogP contribution in [0, 0.1) is 0 Å². The van der Waals surface area contributed by atoms with E-state index in [9.17, 15) is 16.9 Å². The molecule has 0 aromatic heterocycles. The quantitative estimate of drug-likeness (QED) is 0.281. The van der Waals surface area contributed by atoms with Crippen molar-refractivity contribution >= 4 is 30.4 Å². The number of hydrogen-bond donors (Lipinski definition) is 0. The molecule has 17 heavy (non-hydrogen) atoms. The van der Waals surface area contributed by atoms with Gasteiger partial charge in [0.15, 0.2) is 0 Å². The Hall–Kier alpha value is 0.488. The first-order valence-corrected chi connectivity index (χ1v) is 12.6. The summed E-state index contributed by atoms with van der Waals surface area (Å²) in [5.74, 6) is 4.37. The van der Waals surface area contributed by atoms with Gasteiger partial charge in [-0.15, -0.1) is 0 Å². The fourth-order valence-electron chi connectivity index (χ4n) is 1.17. The fourth-order valence-corrected chi connectivity index (χ4v) is 3.50. The van der Waals surface area contributed by atoms with Crippen LogP contribution in [0.4, 0.5) is 16.9 Å². The summed E-state index contributed by atoms with van der Waals surface area (Å²) in [4.78, 5) is 0. The Balaban J connectivity index is 0.000000325. The molecule has 0 unspecified atom stereocenters. The third-order valence-electron chi connectivity index (χ3n) is 1.84. The minimum absolute atomic E-state index is 0.776. The van der Waals surface area contributed by atoms with Crippen LogP contribution in [0.25, 0.3) is 0 Å². The predicted octanol–water partition coefficient (Wildman–Crippen LogP) is 4.51. The Bertz CT molecular complexity index is 258. The van der Waals surface area contributed by atoms with Crippen LogP contribution in [0.2, 0.25) is 0 Å². The zero-order valence-electron chi connectivity index (χ0n) is 9.74. The molecule has 0 amide bonds. The van der Waals surface area contributed by atoms with Crippen LogP contribution < -0.4 is 0 Å². The van der Waals surface area contributed by atoms with Gasteiger partial charge in [-0.1, -0.05) is 5.57 Å². The summed E-state index contributed by atoms with van der Waals surface area (Å²) in [6, 6.07) is 0. The SMILES string of the molecule is CC(C)=CC[S+]1CCCC1.[F][Sb-]([F])([F])([F])([F])[F]. The van der Waals surface area contributed by atoms with E-state index in [1.165, 1.54) is 35.7 Å². The van der Waals surface area contributed by atoms with E-state index in [-0.39, 0.29) is 0 Å². The van der Waals surface area contributed by atoms with Crippen molar-refractivity contribution in [3.05, 3.63) is 11.6 Å². The van der Waals surface area contributed by atoms with Crippen molar-refractivity contribution in [3.63, 3.8) is 0 Å². The molecule has 8 heteroatoms. The first-order chi connectivity index (χ1) is 7.24. The third kappa shape index (κ3) is 22.2. The van der Waals surface area contributed by atoms with Gasteiger partial charge in [0, 0.05) is 0 Å². The van der Waals surface area contributed by atoms with E-state index in [1.807, 2.05) is 0 Å². The molecule has 0 spiro atoms. The molecule has 1 heterocycles. The average Bonchev–Trinajstić information content (AvgIpc) is 2.45. The molecule has 0 aromatic carbocycles. The maximum atomic E-state index is 9.93. The second kappa shape index (κ2) is 5.23. The monoisotopic (exact) mass is 392 g/mol. The maximum absolute atomic E-state index is 11.2. The van der Waals surface area contributed by atoms with Crippen molar-refractivity contribution in [3.8, 4) is 0 Å². The Morgan fingerprint density at radius 3 is 1.65 bits per heavy atom. The molecule has 0 aliphatic carbocycles. The van der Waals surface area contributed by atoms with Gasteiger partial charge < -0.3 is 0 Å². The Kier molecular flexibility index (Phi) is 5.38. The van der Waals surface area contributed by atoms with Gasteiger partial charge >= 0.3 is 36.4 Å². The van der Waals surface area contributed by atoms with Gasteiger partial charge in [-0.2, -0.15) is 0 Å². The topological polar surface area (TPSA) is 0 Å². The number of rotatable bonds is 2. The van der Waals surface area contributed by atoms with Crippen LogP contribution in [0.5, 0.6) is 0 Å². The first-order valence-electron chi connectivity index (χ1n) is 5.08. The number of halogens is 6. The molecule has 0 nitrogen and oxygen atoms in total. The zero-order chi connectivity index (χ0) is 13.8. The molecule has 1 aliphatic heterocycles. The van der Waals surface area contributed by atoms with Crippen LogP contribution >= 0.6 is 0 Å². The molecular weight excluding hydrogens is 376 g/mol. The summed E-state index contributed by atoms with van der Waals surface area (Å²) in [5, 5.41) is 0. The van der Waals surface area contributed by atoms with Crippen molar-refractivity contribution in [2.75, 3.05) is 17.3 Å². The molecule has 1 saturated heterocycles. The van der Waals surface area contributed by atoms with Crippen LogP contribution in [0.1, 0.15) is 26.7 Å². The van der Waals surface area contributed by atoms with E-state index in [2.05, 4.69) is 19.9 Å². The first kappa shape index (κ1) is 17.5. The van der Waals surface area contributed by atoms with Crippen LogP contribution in [0.15, 0.2) is 11.6 Å². The molecule has 106 valence electrons. The van der Waals surface area contributed by atoms with Crippen LogP contribution in [0.3, 0.4) is 0 Å². The normalized spacial score (nSPS) is 20.9. The summed E-state index contributed by atoms with van der Waals surface area (Å²) < 4.78 is 59.6. The van der Waals surface area contributed by atoms with E-state index in [0.717, 1.165) is 10.9 Å². The van der Waals surface area contributed by atoms with Crippen molar-refractivity contribution in [2.24, 2.45) is 0 Å². The summed E-state index contributed by atoms with van der Waals surface area (Å²) in [6.07, 6.45) is 5.37. The Labute approximate surface area is 103 Å². The van der Waals surface area contributed by atoms with Gasteiger partial charge in [0.2, 0.25) is 0 Å². The van der Waals surface area contributed by atoms with Gasteiger partial charge in [-0.25, -0.2) is 0 Å². The summed E-state index contributed by atoms with van der Waals surface area (Å²) in [5.41, 5.74) is 1.49. The molecule has 0 aromatic rings. The van der Waals surface area contributed by atoms with Gasteiger partial charge in [0.1, 0.15) is 17.3 Å². The molecule has 0 N–H and O–H groups in total. The summed E-state index contributed by atoms with van der Waals surface area (Å²) >= 11 is -11.2. The van der Waals surface area contributed by atoms with E-state index < -0.39 is 19.5 Å². The zero-order valence-corrected chi connectivity index (χ0v) is 13.1. The predicted molar refractivity (Wildman–Crippen MR) is 63.0 cm³/mol. The van der Waals surface area contributed by atoms with E-state index in [0.29, 0.717) is 0 Å². The van der Waals surface area contributed by atoms with Crippen molar-refractivity contribution in [1.29, 1.82) is 0 Å². The fraction of sp³-hybridized carbons (Fsp3) is 0.778. The van der Waals surface area contributed by atoms with Gasteiger partial charge in [0.25, 0.3) is 0 Å². The van der Waals surface area contributed by atoms with Crippen molar-refractivity contribution in [2.45, 2.75) is 26.7 Å². The number of hydrogen-bond acceptors (Lipinski definition) is 0. The molecule has 0 bridgehead atoms. The summed E-state index contributed by atoms with van der Waals surface area (Å²) in [6.45, 7) is 4.39. The molecule has 0 atom stereocenters. The molecular formula is C9H17F6SSb. The van der Waals surface area contributed by atoms with Gasteiger partial charge in [0.05, 0.1) is 0 Å². The third-order valence-corrected chi connectivity index (χ3v) is 4.21. The van der Waals surface area contributed by atoms with Crippen molar-refractivity contribution in [1.82, 2.24) is 0 Å². The van der Waals surface area contributed by atoms with E-state index >= 15 is 0 Å². The molecule has 0 saturated carbocycles. The van der Waals surface area contributed by atoms with Crippen LogP contribution in [-0.4, -0.2) is 36.7 Å². The van der Waals surface area contributed by atoms with Crippen LogP contribution in [-0.2, 0) is 10.9 Å². The van der Waals surface area contributed by atoms with Gasteiger partial charge in [-0.05, 0) is 43.7 Å². The average molecular weight is 393 g/mol. The van der Waals surface area contributed by atoms with E-state index in [1.54, 1.807) is 0 Å². The molecule has 1 aliphatic rings. The standard InChI is InChI=1S/C9H17S.6FH.Sb/c1-9(2)5-8-10-6-3-4-7-10;;;;;;;/h5H,3-4,6-8H2,1-2H3;6*1H;/q+1;;;;;;;+5/p-6. The Morgan fingerprint density at radius 2 is 1.35 bits per heavy atom. The molecule has 1 rings (SSSR count). The molecule has 1 fully saturated rings. The second-order valence-corrected chi connectivity index (χ2v) is 12.0. The Morgan fingerprint density at radius 1 is 1.00 bits per heavy atom. The molecule has 0 radical (unpaired) electrons. The second-order valence-electron chi connectivity index (χ2n) is 4.13. The van der Waals surface area contributed by atoms with Gasteiger partial charge in [-0.3, -0.25) is 0 Å². The summed E-state index contributed by atoms with van der Waals surface area (Å²) in [7, 11) is 0.776. The van der Waals surface area contributed by atoms with E-state index in [4.69, 9.17) is 0 Å². The minimum atomic E-state index is -11.2. The number of allylic oxidation sites excluding steroid dienone is 1.